The number of rotatable bonds is 15. The van der Waals surface area contributed by atoms with Gasteiger partial charge in [-0.25, -0.2) is 9.78 Å². The predicted octanol–water partition coefficient (Wildman–Crippen LogP) is -1.31. The first-order valence-electron chi connectivity index (χ1n) is 12.3. The maximum Gasteiger partial charge on any atom is 0.326 e. The second kappa shape index (κ2) is 14.5. The van der Waals surface area contributed by atoms with Crippen molar-refractivity contribution < 1.29 is 34.2 Å². The van der Waals surface area contributed by atoms with Crippen molar-refractivity contribution in [2.45, 2.75) is 63.7 Å². The standard InChI is InChI=1S/C25H35N7O7/c1-13(2)7-18(23(36)32-20(25(38)39)10-21(27)34)31-24(37)19(9-15-11-28-12-29-15)30-22(35)17(26)8-14-3-5-16(33)6-4-14/h3-6,11-13,17-20,33H,7-10,26H2,1-2H3,(H2,27,34)(H,28,29)(H,30,35)(H,31,37)(H,32,36)(H,38,39). The molecule has 1 heterocycles. The molecule has 1 aromatic carbocycles. The van der Waals surface area contributed by atoms with E-state index in [1.165, 1.54) is 24.7 Å². The third-order valence-electron chi connectivity index (χ3n) is 5.70. The summed E-state index contributed by atoms with van der Waals surface area (Å²) in [6.07, 6.45) is 2.54. The van der Waals surface area contributed by atoms with Crippen LogP contribution in [0.4, 0.5) is 0 Å². The van der Waals surface area contributed by atoms with Crippen LogP contribution in [0.3, 0.4) is 0 Å². The lowest BCUT2D eigenvalue weighted by Gasteiger charge is -2.26. The van der Waals surface area contributed by atoms with Gasteiger partial charge in [0.2, 0.25) is 23.6 Å². The fourth-order valence-corrected chi connectivity index (χ4v) is 3.73. The molecule has 0 aliphatic carbocycles. The highest BCUT2D eigenvalue weighted by atomic mass is 16.4. The topological polar surface area (TPSA) is 243 Å². The predicted molar refractivity (Wildman–Crippen MR) is 139 cm³/mol. The SMILES string of the molecule is CC(C)CC(NC(=O)C(Cc1cnc[nH]1)NC(=O)C(N)Cc1ccc(O)cc1)C(=O)NC(CC(N)=O)C(=O)O. The minimum atomic E-state index is -1.57. The van der Waals surface area contributed by atoms with E-state index >= 15 is 0 Å². The summed E-state index contributed by atoms with van der Waals surface area (Å²) in [4.78, 5) is 68.6. The van der Waals surface area contributed by atoms with Crippen molar-refractivity contribution in [1.29, 1.82) is 0 Å². The summed E-state index contributed by atoms with van der Waals surface area (Å²) in [7, 11) is 0. The number of benzene rings is 1. The van der Waals surface area contributed by atoms with Crippen LogP contribution in [0.2, 0.25) is 0 Å². The molecule has 4 amide bonds. The molecule has 0 fully saturated rings. The van der Waals surface area contributed by atoms with E-state index in [4.69, 9.17) is 11.5 Å². The van der Waals surface area contributed by atoms with Crippen molar-refractivity contribution in [2.75, 3.05) is 0 Å². The van der Waals surface area contributed by atoms with Gasteiger partial charge in [-0.15, -0.1) is 0 Å². The second-order valence-electron chi connectivity index (χ2n) is 9.58. The van der Waals surface area contributed by atoms with Gasteiger partial charge < -0.3 is 42.6 Å². The van der Waals surface area contributed by atoms with Crippen LogP contribution in [0.5, 0.6) is 5.75 Å². The Morgan fingerprint density at radius 3 is 2.05 bits per heavy atom. The van der Waals surface area contributed by atoms with Gasteiger partial charge in [-0.1, -0.05) is 26.0 Å². The van der Waals surface area contributed by atoms with Gasteiger partial charge in [-0.05, 0) is 36.5 Å². The van der Waals surface area contributed by atoms with Crippen molar-refractivity contribution >= 4 is 29.6 Å². The number of nitrogens with one attached hydrogen (secondary N) is 4. The number of primary amides is 1. The number of carbonyl (C=O) groups is 5. The van der Waals surface area contributed by atoms with Crippen LogP contribution in [0.15, 0.2) is 36.8 Å². The van der Waals surface area contributed by atoms with E-state index in [0.717, 1.165) is 0 Å². The Hall–Kier alpha value is -4.46. The van der Waals surface area contributed by atoms with Gasteiger partial charge in [-0.2, -0.15) is 0 Å². The van der Waals surface area contributed by atoms with Crippen LogP contribution in [0, 0.1) is 5.92 Å². The number of aromatic nitrogens is 2. The number of carboxylic acid groups (broad SMARTS) is 1. The molecule has 2 aromatic rings. The van der Waals surface area contributed by atoms with E-state index in [1.807, 2.05) is 0 Å². The van der Waals surface area contributed by atoms with Crippen molar-refractivity contribution in [3.63, 3.8) is 0 Å². The third-order valence-corrected chi connectivity index (χ3v) is 5.70. The van der Waals surface area contributed by atoms with E-state index in [1.54, 1.807) is 26.0 Å². The minimum Gasteiger partial charge on any atom is -0.508 e. The second-order valence-corrected chi connectivity index (χ2v) is 9.58. The molecule has 4 unspecified atom stereocenters. The third kappa shape index (κ3) is 10.4. The van der Waals surface area contributed by atoms with Crippen LogP contribution < -0.4 is 27.4 Å². The van der Waals surface area contributed by atoms with Gasteiger partial charge in [0, 0.05) is 18.3 Å². The van der Waals surface area contributed by atoms with E-state index in [9.17, 15) is 34.2 Å². The zero-order valence-electron chi connectivity index (χ0n) is 21.7. The summed E-state index contributed by atoms with van der Waals surface area (Å²) >= 11 is 0. The monoisotopic (exact) mass is 545 g/mol. The number of aromatic amines is 1. The number of nitrogens with zero attached hydrogens (tertiary/aromatic N) is 1. The molecule has 39 heavy (non-hydrogen) atoms. The van der Waals surface area contributed by atoms with Crippen molar-refractivity contribution in [3.05, 3.63) is 48.0 Å². The van der Waals surface area contributed by atoms with Crippen molar-refractivity contribution in [3.8, 4) is 5.75 Å². The number of aromatic hydroxyl groups is 1. The van der Waals surface area contributed by atoms with Gasteiger partial charge in [0.05, 0.1) is 18.8 Å². The molecular formula is C25H35N7O7. The van der Waals surface area contributed by atoms with E-state index in [0.29, 0.717) is 11.3 Å². The Bertz CT molecular complexity index is 1140. The molecule has 2 rings (SSSR count). The number of carboxylic acids is 1. The molecule has 0 aliphatic rings. The Morgan fingerprint density at radius 2 is 1.51 bits per heavy atom. The van der Waals surface area contributed by atoms with Crippen molar-refractivity contribution in [1.82, 2.24) is 25.9 Å². The molecule has 1 aromatic heterocycles. The lowest BCUT2D eigenvalue weighted by atomic mass is 10.0. The summed E-state index contributed by atoms with van der Waals surface area (Å²) in [5.41, 5.74) is 12.4. The number of phenols is 1. The highest BCUT2D eigenvalue weighted by Crippen LogP contribution is 2.12. The molecule has 212 valence electrons. The maximum absolute atomic E-state index is 13.3. The van der Waals surface area contributed by atoms with E-state index in [2.05, 4.69) is 25.9 Å². The van der Waals surface area contributed by atoms with Gasteiger partial charge in [0.15, 0.2) is 0 Å². The zero-order chi connectivity index (χ0) is 29.1. The number of hydrogen-bond acceptors (Lipinski definition) is 8. The van der Waals surface area contributed by atoms with Gasteiger partial charge in [-0.3, -0.25) is 19.2 Å². The van der Waals surface area contributed by atoms with Crippen LogP contribution in [-0.2, 0) is 36.8 Å². The first kappa shape index (κ1) is 30.8. The number of phenolic OH excluding ortho intramolecular Hbond substituents is 1. The van der Waals surface area contributed by atoms with E-state index < -0.39 is 60.2 Å². The summed E-state index contributed by atoms with van der Waals surface area (Å²) in [6.45, 7) is 3.60. The van der Waals surface area contributed by atoms with E-state index in [-0.39, 0.29) is 30.9 Å². The number of amides is 4. The minimum absolute atomic E-state index is 0.00105. The molecule has 0 saturated heterocycles. The average Bonchev–Trinajstić information content (AvgIpc) is 3.36. The molecule has 0 spiro atoms. The molecule has 0 aliphatic heterocycles. The average molecular weight is 546 g/mol. The highest BCUT2D eigenvalue weighted by molar-refractivity contribution is 5.95. The molecule has 0 radical (unpaired) electrons. The first-order valence-corrected chi connectivity index (χ1v) is 12.3. The lowest BCUT2D eigenvalue weighted by Crippen LogP contribution is -2.58. The Labute approximate surface area is 224 Å². The highest BCUT2D eigenvalue weighted by Gasteiger charge is 2.31. The Balaban J connectivity index is 2.18. The number of nitrogens with two attached hydrogens (primary N) is 2. The Kier molecular flexibility index (Phi) is 11.4. The van der Waals surface area contributed by atoms with Gasteiger partial charge in [0.25, 0.3) is 0 Å². The van der Waals surface area contributed by atoms with Crippen LogP contribution >= 0.6 is 0 Å². The number of aliphatic carboxylic acids is 1. The number of hydrogen-bond donors (Lipinski definition) is 8. The maximum atomic E-state index is 13.3. The normalized spacial score (nSPS) is 14.1. The summed E-state index contributed by atoms with van der Waals surface area (Å²) < 4.78 is 0. The van der Waals surface area contributed by atoms with Crippen LogP contribution in [0.1, 0.15) is 37.9 Å². The smallest absolute Gasteiger partial charge is 0.326 e. The fraction of sp³-hybridized carbons (Fsp3) is 0.440. The molecule has 4 atom stereocenters. The molecule has 14 heteroatoms. The lowest BCUT2D eigenvalue weighted by molar-refractivity contribution is -0.143. The number of imidazole rings is 1. The molecule has 0 bridgehead atoms. The molecular weight excluding hydrogens is 510 g/mol. The number of carbonyl (C=O) groups excluding carboxylic acids is 4. The number of H-pyrrole nitrogens is 1. The first-order chi connectivity index (χ1) is 18.3. The van der Waals surface area contributed by atoms with Gasteiger partial charge in [0.1, 0.15) is 23.9 Å². The molecule has 10 N–H and O–H groups in total. The zero-order valence-corrected chi connectivity index (χ0v) is 21.7. The van der Waals surface area contributed by atoms with Crippen molar-refractivity contribution in [2.24, 2.45) is 17.4 Å². The summed E-state index contributed by atoms with van der Waals surface area (Å²) in [5, 5.41) is 26.2. The summed E-state index contributed by atoms with van der Waals surface area (Å²) in [6, 6.07) is 1.25. The van der Waals surface area contributed by atoms with Crippen LogP contribution in [-0.4, -0.2) is 73.9 Å². The largest absolute Gasteiger partial charge is 0.508 e. The fourth-order valence-electron chi connectivity index (χ4n) is 3.73. The van der Waals surface area contributed by atoms with Gasteiger partial charge >= 0.3 is 5.97 Å². The Morgan fingerprint density at radius 1 is 0.923 bits per heavy atom. The molecule has 0 saturated carbocycles. The molecule has 14 nitrogen and oxygen atoms in total. The summed E-state index contributed by atoms with van der Waals surface area (Å²) in [5.74, 6) is -4.54. The quantitative estimate of drug-likeness (QED) is 0.132. The van der Waals surface area contributed by atoms with Crippen LogP contribution in [0.25, 0.3) is 0 Å².